The first-order chi connectivity index (χ1) is 10.7. The van der Waals surface area contributed by atoms with Gasteiger partial charge in [0.2, 0.25) is 0 Å². The van der Waals surface area contributed by atoms with Crippen molar-refractivity contribution in [3.63, 3.8) is 0 Å². The molecule has 0 atom stereocenters. The fourth-order valence-electron chi connectivity index (χ4n) is 1.85. The first-order valence-corrected chi connectivity index (χ1v) is 7.45. The van der Waals surface area contributed by atoms with Crippen molar-refractivity contribution in [2.45, 2.75) is 26.3 Å². The predicted octanol–water partition coefficient (Wildman–Crippen LogP) is 2.90. The van der Waals surface area contributed by atoms with Gasteiger partial charge in [0.1, 0.15) is 11.2 Å². The van der Waals surface area contributed by atoms with Crippen molar-refractivity contribution in [3.05, 3.63) is 32.3 Å². The number of hydrogen-bond acceptors (Lipinski definition) is 7. The van der Waals surface area contributed by atoms with Crippen molar-refractivity contribution >= 4 is 39.2 Å². The van der Waals surface area contributed by atoms with Gasteiger partial charge in [-0.2, -0.15) is 0 Å². The lowest BCUT2D eigenvalue weighted by Gasteiger charge is -2.25. The van der Waals surface area contributed by atoms with E-state index >= 15 is 0 Å². The predicted molar refractivity (Wildman–Crippen MR) is 86.5 cm³/mol. The summed E-state index contributed by atoms with van der Waals surface area (Å²) in [4.78, 5) is 34.5. The molecule has 1 aromatic rings. The minimum absolute atomic E-state index is 0.0108. The van der Waals surface area contributed by atoms with Crippen LogP contribution in [0.25, 0.3) is 0 Å². The van der Waals surface area contributed by atoms with Crippen LogP contribution in [0.1, 0.15) is 31.1 Å². The van der Waals surface area contributed by atoms with Gasteiger partial charge in [-0.1, -0.05) is 0 Å². The molecule has 1 rings (SSSR count). The third-order valence-electron chi connectivity index (χ3n) is 2.93. The quantitative estimate of drug-likeness (QED) is 0.453. The van der Waals surface area contributed by atoms with E-state index < -0.39 is 28.1 Å². The van der Waals surface area contributed by atoms with Gasteiger partial charge in [0.15, 0.2) is 5.56 Å². The smallest absolute Gasteiger partial charge is 0.346 e. The highest BCUT2D eigenvalue weighted by Crippen LogP contribution is 2.36. The fraction of sp³-hybridized carbons (Fsp3) is 0.429. The lowest BCUT2D eigenvalue weighted by Crippen LogP contribution is -2.41. The van der Waals surface area contributed by atoms with Crippen LogP contribution in [-0.2, 0) is 14.3 Å². The normalized spacial score (nSPS) is 10.8. The first kappa shape index (κ1) is 18.9. The molecule has 9 heteroatoms. The highest BCUT2D eigenvalue weighted by atomic mass is 79.9. The standard InChI is InChI=1S/C14H17BrN2O6/c1-5-23-13(19)14(2,3)16-9-7-6-8(15)10(12(18)22-4)11(9)17(20)21/h6-7,16H,5H2,1-4H3. The zero-order valence-corrected chi connectivity index (χ0v) is 14.7. The number of halogens is 1. The summed E-state index contributed by atoms with van der Waals surface area (Å²) in [5.41, 5.74) is -1.93. The molecule has 0 radical (unpaired) electrons. The maximum absolute atomic E-state index is 11.9. The summed E-state index contributed by atoms with van der Waals surface area (Å²) in [6.45, 7) is 4.88. The molecule has 0 unspecified atom stereocenters. The summed E-state index contributed by atoms with van der Waals surface area (Å²) in [6.07, 6.45) is 0. The Balaban J connectivity index is 3.40. The molecular formula is C14H17BrN2O6. The zero-order chi connectivity index (χ0) is 17.8. The number of nitrogens with one attached hydrogen (secondary N) is 1. The van der Waals surface area contributed by atoms with E-state index in [4.69, 9.17) is 4.74 Å². The molecule has 0 amide bonds. The number of methoxy groups -OCH3 is 1. The largest absolute Gasteiger partial charge is 0.465 e. The van der Waals surface area contributed by atoms with Crippen molar-refractivity contribution in [1.82, 2.24) is 0 Å². The summed E-state index contributed by atoms with van der Waals surface area (Å²) < 4.78 is 9.73. The number of ether oxygens (including phenoxy) is 2. The molecule has 0 aromatic heterocycles. The van der Waals surface area contributed by atoms with Gasteiger partial charge in [0, 0.05) is 4.47 Å². The topological polar surface area (TPSA) is 108 Å². The van der Waals surface area contributed by atoms with Crippen LogP contribution in [-0.4, -0.2) is 36.1 Å². The van der Waals surface area contributed by atoms with E-state index in [-0.39, 0.29) is 22.3 Å². The van der Waals surface area contributed by atoms with Crippen LogP contribution in [0.5, 0.6) is 0 Å². The van der Waals surface area contributed by atoms with Gasteiger partial charge in [-0.05, 0) is 48.8 Å². The summed E-state index contributed by atoms with van der Waals surface area (Å²) in [5.74, 6) is -1.43. The maximum Gasteiger partial charge on any atom is 0.346 e. The van der Waals surface area contributed by atoms with E-state index in [0.717, 1.165) is 7.11 Å². The maximum atomic E-state index is 11.9. The van der Waals surface area contributed by atoms with Gasteiger partial charge in [-0.25, -0.2) is 9.59 Å². The number of rotatable bonds is 6. The number of nitro benzene ring substituents is 1. The van der Waals surface area contributed by atoms with Crippen LogP contribution in [0, 0.1) is 10.1 Å². The van der Waals surface area contributed by atoms with Crippen LogP contribution in [0.2, 0.25) is 0 Å². The molecule has 0 fully saturated rings. The van der Waals surface area contributed by atoms with E-state index in [0.29, 0.717) is 0 Å². The van der Waals surface area contributed by atoms with Gasteiger partial charge in [0.25, 0.3) is 0 Å². The second-order valence-electron chi connectivity index (χ2n) is 5.04. The number of nitrogens with zero attached hydrogens (tertiary/aromatic N) is 1. The molecule has 0 spiro atoms. The van der Waals surface area contributed by atoms with Crippen molar-refractivity contribution in [2.75, 3.05) is 19.0 Å². The SMILES string of the molecule is CCOC(=O)C(C)(C)Nc1ccc(Br)c(C(=O)OC)c1[N+](=O)[O-]. The number of hydrogen-bond donors (Lipinski definition) is 1. The minimum Gasteiger partial charge on any atom is -0.465 e. The van der Waals surface area contributed by atoms with Crippen LogP contribution >= 0.6 is 15.9 Å². The second-order valence-corrected chi connectivity index (χ2v) is 5.89. The average Bonchev–Trinajstić information content (AvgIpc) is 2.47. The number of carbonyl (C=O) groups excluding carboxylic acids is 2. The number of anilines is 1. The Morgan fingerprint density at radius 2 is 2.00 bits per heavy atom. The van der Waals surface area contributed by atoms with Crippen molar-refractivity contribution in [2.24, 2.45) is 0 Å². The van der Waals surface area contributed by atoms with Gasteiger partial charge in [-0.3, -0.25) is 10.1 Å². The van der Waals surface area contributed by atoms with Gasteiger partial charge in [0.05, 0.1) is 18.6 Å². The molecule has 0 bridgehead atoms. The van der Waals surface area contributed by atoms with Gasteiger partial charge >= 0.3 is 17.6 Å². The summed E-state index contributed by atoms with van der Waals surface area (Å²) in [6, 6.07) is 2.86. The Labute approximate surface area is 141 Å². The Bertz CT molecular complexity index is 644. The molecule has 0 heterocycles. The van der Waals surface area contributed by atoms with E-state index in [1.54, 1.807) is 6.92 Å². The van der Waals surface area contributed by atoms with Gasteiger partial charge in [-0.15, -0.1) is 0 Å². The Kier molecular flexibility index (Phi) is 6.08. The van der Waals surface area contributed by atoms with Crippen molar-refractivity contribution < 1.29 is 24.0 Å². The molecule has 0 aliphatic carbocycles. The molecule has 0 saturated heterocycles. The number of nitro groups is 1. The Morgan fingerprint density at radius 3 is 2.48 bits per heavy atom. The molecule has 1 N–H and O–H groups in total. The van der Waals surface area contributed by atoms with Crippen LogP contribution in [0.4, 0.5) is 11.4 Å². The summed E-state index contributed by atoms with van der Waals surface area (Å²) in [5, 5.41) is 14.2. The number of carbonyl (C=O) groups is 2. The van der Waals surface area contributed by atoms with Crippen LogP contribution in [0.15, 0.2) is 16.6 Å². The molecule has 23 heavy (non-hydrogen) atoms. The lowest BCUT2D eigenvalue weighted by molar-refractivity contribution is -0.384. The van der Waals surface area contributed by atoms with E-state index in [1.165, 1.54) is 26.0 Å². The monoisotopic (exact) mass is 388 g/mol. The summed E-state index contributed by atoms with van der Waals surface area (Å²) >= 11 is 3.10. The van der Waals surface area contributed by atoms with Crippen LogP contribution < -0.4 is 5.32 Å². The van der Waals surface area contributed by atoms with E-state index in [9.17, 15) is 19.7 Å². The van der Waals surface area contributed by atoms with Crippen molar-refractivity contribution in [1.29, 1.82) is 0 Å². The second kappa shape index (κ2) is 7.40. The lowest BCUT2D eigenvalue weighted by atomic mass is 10.0. The van der Waals surface area contributed by atoms with E-state index in [1.807, 2.05) is 0 Å². The van der Waals surface area contributed by atoms with E-state index in [2.05, 4.69) is 26.0 Å². The minimum atomic E-state index is -1.22. The number of esters is 2. The molecular weight excluding hydrogens is 372 g/mol. The van der Waals surface area contributed by atoms with Crippen LogP contribution in [0.3, 0.4) is 0 Å². The highest BCUT2D eigenvalue weighted by molar-refractivity contribution is 9.10. The average molecular weight is 389 g/mol. The third-order valence-corrected chi connectivity index (χ3v) is 3.59. The zero-order valence-electron chi connectivity index (χ0n) is 13.1. The highest BCUT2D eigenvalue weighted by Gasteiger charge is 2.34. The molecule has 0 saturated carbocycles. The third kappa shape index (κ3) is 4.19. The fourth-order valence-corrected chi connectivity index (χ4v) is 2.33. The van der Waals surface area contributed by atoms with Crippen molar-refractivity contribution in [3.8, 4) is 0 Å². The van der Waals surface area contributed by atoms with Gasteiger partial charge < -0.3 is 14.8 Å². The molecule has 0 aliphatic rings. The Hall–Kier alpha value is -2.16. The molecule has 8 nitrogen and oxygen atoms in total. The first-order valence-electron chi connectivity index (χ1n) is 6.66. The number of benzene rings is 1. The molecule has 1 aromatic carbocycles. The Morgan fingerprint density at radius 1 is 1.39 bits per heavy atom. The molecule has 0 aliphatic heterocycles. The molecule has 126 valence electrons. The summed E-state index contributed by atoms with van der Waals surface area (Å²) in [7, 11) is 1.13.